The van der Waals surface area contributed by atoms with Crippen molar-refractivity contribution in [3.05, 3.63) is 29.8 Å². The summed E-state index contributed by atoms with van der Waals surface area (Å²) >= 11 is 0. The summed E-state index contributed by atoms with van der Waals surface area (Å²) < 4.78 is 10.4. The van der Waals surface area contributed by atoms with E-state index in [-0.39, 0.29) is 17.7 Å². The Morgan fingerprint density at radius 2 is 2.00 bits per heavy atom. The molecule has 1 fully saturated rings. The van der Waals surface area contributed by atoms with Gasteiger partial charge in [-0.2, -0.15) is 0 Å². The van der Waals surface area contributed by atoms with Crippen LogP contribution in [-0.2, 0) is 9.59 Å². The van der Waals surface area contributed by atoms with Crippen molar-refractivity contribution in [1.82, 2.24) is 5.32 Å². The fraction of sp³-hybridized carbons (Fsp3) is 0.474. The van der Waals surface area contributed by atoms with Crippen molar-refractivity contribution in [2.45, 2.75) is 25.7 Å². The molecule has 0 saturated heterocycles. The smallest absolute Gasteiger partial charge is 0.306 e. The predicted molar refractivity (Wildman–Crippen MR) is 94.7 cm³/mol. The number of carboxylic acids is 1. The maximum absolute atomic E-state index is 12.0. The van der Waals surface area contributed by atoms with E-state index in [0.29, 0.717) is 24.5 Å². The summed E-state index contributed by atoms with van der Waals surface area (Å²) in [5.74, 6) is -0.0824. The van der Waals surface area contributed by atoms with Gasteiger partial charge < -0.3 is 19.9 Å². The quantitative estimate of drug-likeness (QED) is 0.741. The third-order valence-electron chi connectivity index (χ3n) is 4.62. The molecule has 1 amide bonds. The first kappa shape index (κ1) is 18.8. The molecule has 0 aliphatic heterocycles. The van der Waals surface area contributed by atoms with E-state index < -0.39 is 5.97 Å². The monoisotopic (exact) mass is 347 g/mol. The van der Waals surface area contributed by atoms with Gasteiger partial charge in [-0.3, -0.25) is 9.59 Å². The van der Waals surface area contributed by atoms with Gasteiger partial charge in [-0.25, -0.2) is 0 Å². The maximum Gasteiger partial charge on any atom is 0.306 e. The van der Waals surface area contributed by atoms with E-state index in [2.05, 4.69) is 5.32 Å². The van der Waals surface area contributed by atoms with E-state index in [4.69, 9.17) is 9.47 Å². The molecule has 2 N–H and O–H groups in total. The summed E-state index contributed by atoms with van der Waals surface area (Å²) in [6.07, 6.45) is 6.59. The number of rotatable bonds is 7. The molecule has 1 saturated carbocycles. The van der Waals surface area contributed by atoms with E-state index >= 15 is 0 Å². The molecule has 136 valence electrons. The maximum atomic E-state index is 12.0. The summed E-state index contributed by atoms with van der Waals surface area (Å²) in [5, 5.41) is 12.1. The third-order valence-corrected chi connectivity index (χ3v) is 4.62. The summed E-state index contributed by atoms with van der Waals surface area (Å²) in [6.45, 7) is 0.389. The SMILES string of the molecule is COc1ccc(/C=C/C(=O)NC[C@@H]2CCCC[C@@H]2C(=O)O)c(OC)c1. The van der Waals surface area contributed by atoms with E-state index in [1.807, 2.05) is 6.07 Å². The highest BCUT2D eigenvalue weighted by Gasteiger charge is 2.30. The number of methoxy groups -OCH3 is 2. The molecule has 0 spiro atoms. The van der Waals surface area contributed by atoms with Gasteiger partial charge in [0.25, 0.3) is 0 Å². The Morgan fingerprint density at radius 1 is 1.24 bits per heavy atom. The minimum absolute atomic E-state index is 0.000812. The molecule has 1 aliphatic rings. The molecule has 0 aromatic heterocycles. The number of benzene rings is 1. The van der Waals surface area contributed by atoms with E-state index in [1.165, 1.54) is 6.08 Å². The lowest BCUT2D eigenvalue weighted by atomic mass is 9.79. The van der Waals surface area contributed by atoms with Crippen LogP contribution in [0.5, 0.6) is 11.5 Å². The fourth-order valence-electron chi connectivity index (χ4n) is 3.19. The van der Waals surface area contributed by atoms with Crippen molar-refractivity contribution >= 4 is 18.0 Å². The zero-order valence-corrected chi connectivity index (χ0v) is 14.7. The molecule has 1 aromatic carbocycles. The van der Waals surface area contributed by atoms with Gasteiger partial charge in [0.2, 0.25) is 5.91 Å². The Labute approximate surface area is 147 Å². The van der Waals surface area contributed by atoms with Gasteiger partial charge in [0.05, 0.1) is 20.1 Å². The lowest BCUT2D eigenvalue weighted by molar-refractivity contribution is -0.145. The number of nitrogens with one attached hydrogen (secondary N) is 1. The van der Waals surface area contributed by atoms with Crippen LogP contribution in [0.25, 0.3) is 6.08 Å². The average Bonchev–Trinajstić information content (AvgIpc) is 2.64. The van der Waals surface area contributed by atoms with Crippen molar-refractivity contribution in [3.8, 4) is 11.5 Å². The number of hydrogen-bond donors (Lipinski definition) is 2. The first-order valence-corrected chi connectivity index (χ1v) is 8.46. The second kappa shape index (κ2) is 9.11. The van der Waals surface area contributed by atoms with Crippen LogP contribution in [0.3, 0.4) is 0 Å². The number of ether oxygens (including phenoxy) is 2. The molecule has 2 rings (SSSR count). The molecule has 0 bridgehead atoms. The number of carboxylic acid groups (broad SMARTS) is 1. The number of hydrogen-bond acceptors (Lipinski definition) is 4. The van der Waals surface area contributed by atoms with Gasteiger partial charge in [0, 0.05) is 24.3 Å². The number of carbonyl (C=O) groups is 2. The zero-order valence-electron chi connectivity index (χ0n) is 14.7. The van der Waals surface area contributed by atoms with Gasteiger partial charge >= 0.3 is 5.97 Å². The third kappa shape index (κ3) is 5.24. The fourth-order valence-corrected chi connectivity index (χ4v) is 3.19. The second-order valence-corrected chi connectivity index (χ2v) is 6.18. The second-order valence-electron chi connectivity index (χ2n) is 6.18. The molecule has 6 nitrogen and oxygen atoms in total. The Balaban J connectivity index is 1.93. The predicted octanol–water partition coefficient (Wildman–Crippen LogP) is 2.72. The number of carbonyl (C=O) groups excluding carboxylic acids is 1. The van der Waals surface area contributed by atoms with Crippen molar-refractivity contribution in [2.24, 2.45) is 11.8 Å². The molecule has 0 radical (unpaired) electrons. The van der Waals surface area contributed by atoms with Crippen LogP contribution in [0.2, 0.25) is 0 Å². The number of amides is 1. The standard InChI is InChI=1S/C19H25NO5/c1-24-15-9-7-13(17(11-15)25-2)8-10-18(21)20-12-14-5-3-4-6-16(14)19(22)23/h7-11,14,16H,3-6,12H2,1-2H3,(H,20,21)(H,22,23)/b10-8+/t14-,16-/m0/s1. The largest absolute Gasteiger partial charge is 0.497 e. The summed E-state index contributed by atoms with van der Waals surface area (Å²) in [5.41, 5.74) is 0.763. The highest BCUT2D eigenvalue weighted by molar-refractivity contribution is 5.92. The molecule has 2 atom stereocenters. The van der Waals surface area contributed by atoms with Crippen molar-refractivity contribution in [2.75, 3.05) is 20.8 Å². The molecule has 6 heteroatoms. The van der Waals surface area contributed by atoms with Gasteiger partial charge in [0.15, 0.2) is 0 Å². The zero-order chi connectivity index (χ0) is 18.2. The first-order valence-electron chi connectivity index (χ1n) is 8.46. The highest BCUT2D eigenvalue weighted by Crippen LogP contribution is 2.30. The number of aliphatic carboxylic acids is 1. The van der Waals surface area contributed by atoms with Gasteiger partial charge in [-0.05, 0) is 37.0 Å². The minimum Gasteiger partial charge on any atom is -0.497 e. The summed E-state index contributed by atoms with van der Waals surface area (Å²) in [4.78, 5) is 23.3. The van der Waals surface area contributed by atoms with Crippen molar-refractivity contribution < 1.29 is 24.2 Å². The van der Waals surface area contributed by atoms with Crippen LogP contribution in [0.15, 0.2) is 24.3 Å². The van der Waals surface area contributed by atoms with Crippen LogP contribution in [0.1, 0.15) is 31.2 Å². The average molecular weight is 347 g/mol. The van der Waals surface area contributed by atoms with Crippen LogP contribution in [0.4, 0.5) is 0 Å². The Hall–Kier alpha value is -2.50. The molecule has 0 heterocycles. The topological polar surface area (TPSA) is 84.9 Å². The summed E-state index contributed by atoms with van der Waals surface area (Å²) in [6, 6.07) is 5.35. The lowest BCUT2D eigenvalue weighted by Crippen LogP contribution is -2.36. The molecule has 1 aliphatic carbocycles. The molecule has 1 aromatic rings. The van der Waals surface area contributed by atoms with Gasteiger partial charge in [0.1, 0.15) is 11.5 Å². The Kier molecular flexibility index (Phi) is 6.86. The Morgan fingerprint density at radius 3 is 2.68 bits per heavy atom. The van der Waals surface area contributed by atoms with E-state index in [0.717, 1.165) is 24.8 Å². The lowest BCUT2D eigenvalue weighted by Gasteiger charge is -2.28. The van der Waals surface area contributed by atoms with Crippen LogP contribution in [0, 0.1) is 11.8 Å². The van der Waals surface area contributed by atoms with Crippen LogP contribution in [-0.4, -0.2) is 37.7 Å². The van der Waals surface area contributed by atoms with E-state index in [9.17, 15) is 14.7 Å². The van der Waals surface area contributed by atoms with Crippen molar-refractivity contribution in [1.29, 1.82) is 0 Å². The highest BCUT2D eigenvalue weighted by atomic mass is 16.5. The Bertz CT molecular complexity index is 641. The minimum atomic E-state index is -0.766. The van der Waals surface area contributed by atoms with Crippen molar-refractivity contribution in [3.63, 3.8) is 0 Å². The molecule has 0 unspecified atom stereocenters. The molecule has 25 heavy (non-hydrogen) atoms. The summed E-state index contributed by atoms with van der Waals surface area (Å²) in [7, 11) is 3.13. The molecular weight excluding hydrogens is 322 g/mol. The normalized spacial score (nSPS) is 20.2. The first-order chi connectivity index (χ1) is 12.0. The van der Waals surface area contributed by atoms with Crippen LogP contribution < -0.4 is 14.8 Å². The molecular formula is C19H25NO5. The van der Waals surface area contributed by atoms with Gasteiger partial charge in [-0.1, -0.05) is 12.8 Å². The van der Waals surface area contributed by atoms with E-state index in [1.54, 1.807) is 32.4 Å². The van der Waals surface area contributed by atoms with Crippen LogP contribution >= 0.6 is 0 Å². The van der Waals surface area contributed by atoms with Gasteiger partial charge in [-0.15, -0.1) is 0 Å².